The Morgan fingerprint density at radius 1 is 0.781 bits per heavy atom. The van der Waals surface area contributed by atoms with Crippen molar-refractivity contribution in [3.8, 4) is 17.2 Å². The average Bonchev–Trinajstić information content (AvgIpc) is 3.02. The summed E-state index contributed by atoms with van der Waals surface area (Å²) in [5.74, 6) is 0.362. The summed E-state index contributed by atoms with van der Waals surface area (Å²) < 4.78 is 11.4. The molecule has 0 aromatic heterocycles. The Labute approximate surface area is 186 Å². The van der Waals surface area contributed by atoms with Gasteiger partial charge in [0.2, 0.25) is 0 Å². The van der Waals surface area contributed by atoms with Crippen LogP contribution in [0.5, 0.6) is 17.2 Å². The molecule has 32 heavy (non-hydrogen) atoms. The number of amides is 2. The zero-order chi connectivity index (χ0) is 22.7. The van der Waals surface area contributed by atoms with Gasteiger partial charge in [-0.05, 0) is 60.0 Å². The molecule has 162 valence electrons. The number of anilines is 1. The lowest BCUT2D eigenvalue weighted by atomic mass is 10.1. The predicted octanol–water partition coefficient (Wildman–Crippen LogP) is 5.36. The van der Waals surface area contributed by atoms with E-state index >= 15 is 0 Å². The van der Waals surface area contributed by atoms with Crippen LogP contribution in [-0.4, -0.2) is 23.5 Å². The van der Waals surface area contributed by atoms with Gasteiger partial charge in [-0.3, -0.25) is 9.59 Å². The average molecular weight is 429 g/mol. The Bertz CT molecular complexity index is 1150. The van der Waals surface area contributed by atoms with E-state index in [2.05, 4.69) is 13.8 Å². The van der Waals surface area contributed by atoms with Crippen LogP contribution in [0.25, 0.3) is 5.57 Å². The van der Waals surface area contributed by atoms with Crippen molar-refractivity contribution in [3.63, 3.8) is 0 Å². The lowest BCUT2D eigenvalue weighted by Gasteiger charge is -2.15. The standard InChI is InChI=1S/C26H23NO5/c1-17(2)16-31-20-12-8-18(9-13-20)23-24(28)26(30)27(25(23)29)19-10-14-22(15-11-19)32-21-6-4-3-5-7-21/h3-15,17,28H,16H2,1-2H3. The molecule has 0 fully saturated rings. The van der Waals surface area contributed by atoms with E-state index < -0.39 is 17.6 Å². The van der Waals surface area contributed by atoms with Crippen LogP contribution >= 0.6 is 0 Å². The van der Waals surface area contributed by atoms with Gasteiger partial charge < -0.3 is 14.6 Å². The Morgan fingerprint density at radius 3 is 2.00 bits per heavy atom. The zero-order valence-electron chi connectivity index (χ0n) is 17.8. The highest BCUT2D eigenvalue weighted by atomic mass is 16.5. The molecular weight excluding hydrogens is 406 g/mol. The fourth-order valence-electron chi connectivity index (χ4n) is 3.28. The van der Waals surface area contributed by atoms with E-state index in [1.54, 1.807) is 48.5 Å². The Hall–Kier alpha value is -4.06. The quantitative estimate of drug-likeness (QED) is 0.512. The number of hydrogen-bond acceptors (Lipinski definition) is 5. The van der Waals surface area contributed by atoms with Gasteiger partial charge in [-0.1, -0.05) is 44.2 Å². The summed E-state index contributed by atoms with van der Waals surface area (Å²) >= 11 is 0. The third-order valence-corrected chi connectivity index (χ3v) is 4.86. The number of nitrogens with zero attached hydrogens (tertiary/aromatic N) is 1. The van der Waals surface area contributed by atoms with E-state index in [1.165, 1.54) is 0 Å². The summed E-state index contributed by atoms with van der Waals surface area (Å²) in [6.45, 7) is 4.67. The molecule has 0 aliphatic carbocycles. The highest BCUT2D eigenvalue weighted by Crippen LogP contribution is 2.33. The number of benzene rings is 3. The fourth-order valence-corrected chi connectivity index (χ4v) is 3.28. The molecule has 3 aromatic carbocycles. The topological polar surface area (TPSA) is 76.1 Å². The van der Waals surface area contributed by atoms with Crippen molar-refractivity contribution >= 4 is 23.1 Å². The second kappa shape index (κ2) is 8.98. The number of carbonyl (C=O) groups excluding carboxylic acids is 2. The molecule has 4 rings (SSSR count). The summed E-state index contributed by atoms with van der Waals surface area (Å²) in [5.41, 5.74) is 0.762. The molecule has 1 N–H and O–H groups in total. The predicted molar refractivity (Wildman–Crippen MR) is 122 cm³/mol. The normalized spacial score (nSPS) is 13.8. The van der Waals surface area contributed by atoms with Crippen LogP contribution in [0.1, 0.15) is 19.4 Å². The highest BCUT2D eigenvalue weighted by molar-refractivity contribution is 6.44. The molecule has 6 nitrogen and oxygen atoms in total. The highest BCUT2D eigenvalue weighted by Gasteiger charge is 2.40. The van der Waals surface area contributed by atoms with Crippen LogP contribution in [0.3, 0.4) is 0 Å². The van der Waals surface area contributed by atoms with Gasteiger partial charge >= 0.3 is 5.91 Å². The lowest BCUT2D eigenvalue weighted by Crippen LogP contribution is -2.31. The van der Waals surface area contributed by atoms with Crippen molar-refractivity contribution in [1.82, 2.24) is 0 Å². The molecular formula is C26H23NO5. The first-order valence-corrected chi connectivity index (χ1v) is 10.3. The van der Waals surface area contributed by atoms with Crippen LogP contribution in [0.15, 0.2) is 84.6 Å². The van der Waals surface area contributed by atoms with E-state index in [9.17, 15) is 14.7 Å². The maximum Gasteiger partial charge on any atom is 0.301 e. The number of carbonyl (C=O) groups is 2. The number of para-hydroxylation sites is 1. The molecule has 2 amide bonds. The van der Waals surface area contributed by atoms with Crippen molar-refractivity contribution in [1.29, 1.82) is 0 Å². The summed E-state index contributed by atoms with van der Waals surface area (Å²) in [7, 11) is 0. The molecule has 1 aliphatic rings. The van der Waals surface area contributed by atoms with E-state index in [0.717, 1.165) is 4.90 Å². The summed E-state index contributed by atoms with van der Waals surface area (Å²) in [6, 6.07) is 22.6. The SMILES string of the molecule is CC(C)COc1ccc(C2=C(O)C(=O)N(c3ccc(Oc4ccccc4)cc3)C2=O)cc1. The minimum Gasteiger partial charge on any atom is -0.502 e. The van der Waals surface area contributed by atoms with Crippen molar-refractivity contribution in [2.24, 2.45) is 5.92 Å². The van der Waals surface area contributed by atoms with Gasteiger partial charge in [0.25, 0.3) is 5.91 Å². The summed E-state index contributed by atoms with van der Waals surface area (Å²) in [4.78, 5) is 26.6. The minimum absolute atomic E-state index is 0.0324. The van der Waals surface area contributed by atoms with Gasteiger partial charge in [0.05, 0.1) is 17.9 Å². The molecule has 1 aliphatic heterocycles. The molecule has 0 spiro atoms. The van der Waals surface area contributed by atoms with Crippen molar-refractivity contribution in [3.05, 3.63) is 90.2 Å². The third-order valence-electron chi connectivity index (χ3n) is 4.86. The molecule has 0 atom stereocenters. The first kappa shape index (κ1) is 21.2. The molecule has 3 aromatic rings. The molecule has 0 radical (unpaired) electrons. The third kappa shape index (κ3) is 4.34. The molecule has 1 heterocycles. The van der Waals surface area contributed by atoms with Crippen molar-refractivity contribution in [2.75, 3.05) is 11.5 Å². The van der Waals surface area contributed by atoms with E-state index in [0.29, 0.717) is 41.0 Å². The van der Waals surface area contributed by atoms with Crippen LogP contribution in [0, 0.1) is 5.92 Å². The van der Waals surface area contributed by atoms with Crippen LogP contribution in [0.4, 0.5) is 5.69 Å². The van der Waals surface area contributed by atoms with Gasteiger partial charge in [-0.25, -0.2) is 4.90 Å². The first-order chi connectivity index (χ1) is 15.4. The molecule has 0 bridgehead atoms. The second-order valence-corrected chi connectivity index (χ2v) is 7.81. The van der Waals surface area contributed by atoms with Gasteiger partial charge in [0, 0.05) is 0 Å². The fraction of sp³-hybridized carbons (Fsp3) is 0.154. The van der Waals surface area contributed by atoms with Gasteiger partial charge in [0.1, 0.15) is 17.2 Å². The van der Waals surface area contributed by atoms with Crippen molar-refractivity contribution in [2.45, 2.75) is 13.8 Å². The Morgan fingerprint density at radius 2 is 1.38 bits per heavy atom. The summed E-state index contributed by atoms with van der Waals surface area (Å²) in [5, 5.41) is 10.4. The lowest BCUT2D eigenvalue weighted by molar-refractivity contribution is -0.121. The largest absolute Gasteiger partial charge is 0.502 e. The van der Waals surface area contributed by atoms with Crippen LogP contribution < -0.4 is 14.4 Å². The summed E-state index contributed by atoms with van der Waals surface area (Å²) in [6.07, 6.45) is 0. The van der Waals surface area contributed by atoms with E-state index in [1.807, 2.05) is 30.3 Å². The molecule has 0 saturated heterocycles. The van der Waals surface area contributed by atoms with Crippen LogP contribution in [-0.2, 0) is 9.59 Å². The minimum atomic E-state index is -0.762. The van der Waals surface area contributed by atoms with Crippen LogP contribution in [0.2, 0.25) is 0 Å². The molecule has 0 saturated carbocycles. The number of rotatable bonds is 7. The number of hydrogen-bond donors (Lipinski definition) is 1. The van der Waals surface area contributed by atoms with Gasteiger partial charge in [-0.15, -0.1) is 0 Å². The van der Waals surface area contributed by atoms with Gasteiger partial charge in [-0.2, -0.15) is 0 Å². The van der Waals surface area contributed by atoms with Crippen molar-refractivity contribution < 1.29 is 24.2 Å². The first-order valence-electron chi connectivity index (χ1n) is 10.3. The molecule has 6 heteroatoms. The number of ether oxygens (including phenoxy) is 2. The molecule has 0 unspecified atom stereocenters. The van der Waals surface area contributed by atoms with E-state index in [-0.39, 0.29) is 5.57 Å². The monoisotopic (exact) mass is 429 g/mol. The maximum absolute atomic E-state index is 13.0. The van der Waals surface area contributed by atoms with Gasteiger partial charge in [0.15, 0.2) is 5.76 Å². The second-order valence-electron chi connectivity index (χ2n) is 7.81. The maximum atomic E-state index is 13.0. The smallest absolute Gasteiger partial charge is 0.301 e. The number of aliphatic hydroxyl groups excluding tert-OH is 1. The number of imide groups is 1. The Balaban J connectivity index is 1.51. The Kier molecular flexibility index (Phi) is 5.94. The van der Waals surface area contributed by atoms with E-state index in [4.69, 9.17) is 9.47 Å². The number of aliphatic hydroxyl groups is 1. The zero-order valence-corrected chi connectivity index (χ0v) is 17.8.